The van der Waals surface area contributed by atoms with Crippen molar-refractivity contribution >= 4 is 11.6 Å². The third-order valence-corrected chi connectivity index (χ3v) is 2.78. The molecule has 0 unspecified atom stereocenters. The molecule has 0 atom stereocenters. The molecule has 1 aromatic carbocycles. The molecule has 0 aromatic heterocycles. The Labute approximate surface area is 105 Å². The molecule has 0 fully saturated rings. The molecule has 1 aromatic rings. The van der Waals surface area contributed by atoms with E-state index in [4.69, 9.17) is 11.6 Å². The maximum Gasteiger partial charge on any atom is 0.417 e. The molecule has 7 heteroatoms. The monoisotopic (exact) mass is 290 g/mol. The Kier molecular flexibility index (Phi) is 3.91. The van der Waals surface area contributed by atoms with Crippen molar-refractivity contribution in [1.29, 1.82) is 0 Å². The van der Waals surface area contributed by atoms with Crippen molar-refractivity contribution in [3.63, 3.8) is 0 Å². The average molecular weight is 291 g/mol. The van der Waals surface area contributed by atoms with Crippen molar-refractivity contribution in [2.24, 2.45) is 0 Å². The molecule has 0 saturated heterocycles. The quantitative estimate of drug-likeness (QED) is 0.599. The van der Waals surface area contributed by atoms with Crippen LogP contribution in [0.3, 0.4) is 0 Å². The fourth-order valence-electron chi connectivity index (χ4n) is 1.39. The number of benzene rings is 1. The predicted molar refractivity (Wildman–Crippen MR) is 55.5 cm³/mol. The van der Waals surface area contributed by atoms with Gasteiger partial charge in [-0.15, -0.1) is 0 Å². The van der Waals surface area contributed by atoms with E-state index in [1.165, 1.54) is 13.8 Å². The smallest absolute Gasteiger partial charge is 0.166 e. The largest absolute Gasteiger partial charge is 0.417 e. The molecule has 1 rings (SSSR count). The van der Waals surface area contributed by atoms with E-state index in [2.05, 4.69) is 0 Å². The summed E-state index contributed by atoms with van der Waals surface area (Å²) in [6.07, 6.45) is -9.83. The second-order valence-electron chi connectivity index (χ2n) is 4.08. The summed E-state index contributed by atoms with van der Waals surface area (Å²) in [7, 11) is 0. The van der Waals surface area contributed by atoms with E-state index in [1.807, 2.05) is 0 Å². The first-order valence-corrected chi connectivity index (χ1v) is 5.30. The van der Waals surface area contributed by atoms with Gasteiger partial charge in [-0.05, 0) is 23.6 Å². The molecule has 18 heavy (non-hydrogen) atoms. The van der Waals surface area contributed by atoms with Gasteiger partial charge in [0, 0.05) is 0 Å². The van der Waals surface area contributed by atoms with Gasteiger partial charge in [-0.2, -0.15) is 26.3 Å². The molecule has 0 bridgehead atoms. The lowest BCUT2D eigenvalue weighted by atomic mass is 9.97. The Morgan fingerprint density at radius 1 is 0.889 bits per heavy atom. The number of halogens is 7. The molecule has 0 saturated carbocycles. The maximum absolute atomic E-state index is 12.6. The highest BCUT2D eigenvalue weighted by molar-refractivity contribution is 6.32. The van der Waals surface area contributed by atoms with Crippen LogP contribution < -0.4 is 0 Å². The zero-order chi connectivity index (χ0) is 14.3. The summed E-state index contributed by atoms with van der Waals surface area (Å²) in [6.45, 7) is 3.01. The fraction of sp³-hybridized carbons (Fsp3) is 0.455. The summed E-state index contributed by atoms with van der Waals surface area (Å²) in [5.74, 6) is -0.468. The molecule has 0 amide bonds. The minimum Gasteiger partial charge on any atom is -0.166 e. The summed E-state index contributed by atoms with van der Waals surface area (Å²) < 4.78 is 75.7. The van der Waals surface area contributed by atoms with Gasteiger partial charge < -0.3 is 0 Å². The van der Waals surface area contributed by atoms with Crippen molar-refractivity contribution < 1.29 is 26.3 Å². The first kappa shape index (κ1) is 15.1. The van der Waals surface area contributed by atoms with Crippen molar-refractivity contribution in [2.75, 3.05) is 0 Å². The Bertz CT molecular complexity index is 409. The highest BCUT2D eigenvalue weighted by atomic mass is 35.5. The molecule has 0 radical (unpaired) electrons. The van der Waals surface area contributed by atoms with E-state index in [-0.39, 0.29) is 5.56 Å². The van der Waals surface area contributed by atoms with Gasteiger partial charge in [-0.25, -0.2) is 0 Å². The Morgan fingerprint density at radius 2 is 1.22 bits per heavy atom. The van der Waals surface area contributed by atoms with Gasteiger partial charge >= 0.3 is 12.4 Å². The van der Waals surface area contributed by atoms with Gasteiger partial charge in [-0.3, -0.25) is 0 Å². The number of rotatable bonds is 1. The molecule has 0 aliphatic rings. The lowest BCUT2D eigenvalue weighted by Crippen LogP contribution is -2.14. The van der Waals surface area contributed by atoms with Crippen LogP contribution in [0, 0.1) is 0 Å². The van der Waals surface area contributed by atoms with Crippen molar-refractivity contribution in [3.05, 3.63) is 33.8 Å². The molecule has 0 heterocycles. The van der Waals surface area contributed by atoms with Crippen LogP contribution in [0.4, 0.5) is 26.3 Å². The first-order valence-electron chi connectivity index (χ1n) is 4.92. The van der Waals surface area contributed by atoms with Crippen LogP contribution in [0.1, 0.15) is 36.5 Å². The molecule has 0 aliphatic heterocycles. The van der Waals surface area contributed by atoms with E-state index in [0.29, 0.717) is 12.1 Å². The molecule has 0 aliphatic carbocycles. The van der Waals surface area contributed by atoms with Crippen LogP contribution in [-0.2, 0) is 12.4 Å². The lowest BCUT2D eigenvalue weighted by Gasteiger charge is -2.18. The molecule has 0 spiro atoms. The van der Waals surface area contributed by atoms with Gasteiger partial charge in [0.2, 0.25) is 0 Å². The summed E-state index contributed by atoms with van der Waals surface area (Å²) in [5.41, 5.74) is -2.97. The van der Waals surface area contributed by atoms with Crippen molar-refractivity contribution in [2.45, 2.75) is 32.1 Å². The molecule has 0 N–H and O–H groups in total. The minimum absolute atomic E-state index is 0.0564. The minimum atomic E-state index is -4.91. The highest BCUT2D eigenvalue weighted by Gasteiger charge is 2.41. The Morgan fingerprint density at radius 3 is 1.44 bits per heavy atom. The third kappa shape index (κ3) is 3.10. The van der Waals surface area contributed by atoms with Crippen LogP contribution >= 0.6 is 11.6 Å². The van der Waals surface area contributed by atoms with E-state index in [9.17, 15) is 26.3 Å². The predicted octanol–water partition coefficient (Wildman–Crippen LogP) is 5.50. The van der Waals surface area contributed by atoms with Gasteiger partial charge in [0.15, 0.2) is 0 Å². The highest BCUT2D eigenvalue weighted by Crippen LogP contribution is 2.43. The fourth-order valence-corrected chi connectivity index (χ4v) is 1.72. The van der Waals surface area contributed by atoms with Crippen LogP contribution in [0.25, 0.3) is 0 Å². The van der Waals surface area contributed by atoms with Crippen LogP contribution in [0.5, 0.6) is 0 Å². The van der Waals surface area contributed by atoms with Gasteiger partial charge in [0.05, 0.1) is 16.1 Å². The molecular formula is C11H9ClF6. The summed E-state index contributed by atoms with van der Waals surface area (Å²) in [5, 5.41) is -1.31. The molecular weight excluding hydrogens is 282 g/mol. The third-order valence-electron chi connectivity index (χ3n) is 2.37. The average Bonchev–Trinajstić information content (AvgIpc) is 2.13. The van der Waals surface area contributed by atoms with Gasteiger partial charge in [0.1, 0.15) is 0 Å². The Balaban J connectivity index is 3.59. The normalized spacial score (nSPS) is 13.2. The zero-order valence-corrected chi connectivity index (χ0v) is 10.1. The van der Waals surface area contributed by atoms with Gasteiger partial charge in [0.25, 0.3) is 0 Å². The summed E-state index contributed by atoms with van der Waals surface area (Å²) in [6, 6.07) is 1.31. The van der Waals surface area contributed by atoms with Crippen LogP contribution in [-0.4, -0.2) is 0 Å². The lowest BCUT2D eigenvalue weighted by molar-refractivity contribution is -0.142. The van der Waals surface area contributed by atoms with E-state index in [1.54, 1.807) is 0 Å². The van der Waals surface area contributed by atoms with Gasteiger partial charge in [-0.1, -0.05) is 25.4 Å². The Hall–Kier alpha value is -0.910. The van der Waals surface area contributed by atoms with Crippen LogP contribution in [0.15, 0.2) is 12.1 Å². The molecule has 102 valence electrons. The standard InChI is InChI=1S/C11H9ClF6/c1-5(2)6-3-7(10(13,14)15)9(12)8(4-6)11(16,17)18/h3-5H,1-2H3. The number of hydrogen-bond donors (Lipinski definition) is 0. The van der Waals surface area contributed by atoms with Crippen molar-refractivity contribution in [3.8, 4) is 0 Å². The number of hydrogen-bond acceptors (Lipinski definition) is 0. The van der Waals surface area contributed by atoms with E-state index < -0.39 is 34.4 Å². The topological polar surface area (TPSA) is 0 Å². The zero-order valence-electron chi connectivity index (χ0n) is 9.38. The second kappa shape index (κ2) is 4.64. The maximum atomic E-state index is 12.6. The number of alkyl halides is 6. The SMILES string of the molecule is CC(C)c1cc(C(F)(F)F)c(Cl)c(C(F)(F)F)c1. The van der Waals surface area contributed by atoms with Crippen molar-refractivity contribution in [1.82, 2.24) is 0 Å². The van der Waals surface area contributed by atoms with E-state index in [0.717, 1.165) is 0 Å². The van der Waals surface area contributed by atoms with Crippen LogP contribution in [0.2, 0.25) is 5.02 Å². The van der Waals surface area contributed by atoms with E-state index >= 15 is 0 Å². The summed E-state index contributed by atoms with van der Waals surface area (Å²) in [4.78, 5) is 0. The molecule has 0 nitrogen and oxygen atoms in total. The first-order chi connectivity index (χ1) is 7.94. The summed E-state index contributed by atoms with van der Waals surface area (Å²) >= 11 is 5.21. The second-order valence-corrected chi connectivity index (χ2v) is 4.46.